The fraction of sp³-hybridized carbons (Fsp3) is 0.538. The maximum Gasteiger partial charge on any atom is 0.214 e. The monoisotopic (exact) mass is 315 g/mol. The summed E-state index contributed by atoms with van der Waals surface area (Å²) in [7, 11) is -3.32. The molecular formula is C13H21N3O2S2. The van der Waals surface area contributed by atoms with Gasteiger partial charge in [0.25, 0.3) is 0 Å². The van der Waals surface area contributed by atoms with Crippen LogP contribution in [0.1, 0.15) is 19.5 Å². The van der Waals surface area contributed by atoms with E-state index < -0.39 is 10.0 Å². The number of aromatic nitrogens is 1. The molecule has 1 aromatic rings. The van der Waals surface area contributed by atoms with Crippen molar-refractivity contribution in [3.05, 3.63) is 30.1 Å². The van der Waals surface area contributed by atoms with Gasteiger partial charge in [0.05, 0.1) is 10.7 Å². The van der Waals surface area contributed by atoms with Gasteiger partial charge in [0.2, 0.25) is 10.0 Å². The summed E-state index contributed by atoms with van der Waals surface area (Å²) in [6.07, 6.45) is 2.07. The van der Waals surface area contributed by atoms with Crippen molar-refractivity contribution in [3.8, 4) is 0 Å². The number of nitrogens with two attached hydrogens (primary N) is 1. The largest absolute Gasteiger partial charge is 0.393 e. The standard InChI is InChI=1S/C13H21N3O2S2/c1-3-16(10-11(2)13(14)19)20(17,18)9-7-12-6-4-5-8-15-12/h4-6,8,11H,3,7,9-10H2,1-2H3,(H2,14,19). The fourth-order valence-electron chi connectivity index (χ4n) is 1.74. The molecule has 0 aromatic carbocycles. The van der Waals surface area contributed by atoms with Crippen LogP contribution in [0.25, 0.3) is 0 Å². The number of pyridine rings is 1. The Balaban J connectivity index is 2.67. The zero-order chi connectivity index (χ0) is 15.2. The molecule has 0 aliphatic heterocycles. The SMILES string of the molecule is CCN(CC(C)C(N)=S)S(=O)(=O)CCc1ccccn1. The first-order valence-corrected chi connectivity index (χ1v) is 8.55. The van der Waals surface area contributed by atoms with Gasteiger partial charge in [-0.25, -0.2) is 12.7 Å². The van der Waals surface area contributed by atoms with E-state index in [1.54, 1.807) is 12.3 Å². The predicted molar refractivity (Wildman–Crippen MR) is 84.9 cm³/mol. The summed E-state index contributed by atoms with van der Waals surface area (Å²) < 4.78 is 26.0. The van der Waals surface area contributed by atoms with E-state index in [0.717, 1.165) is 5.69 Å². The van der Waals surface area contributed by atoms with Crippen LogP contribution >= 0.6 is 12.2 Å². The summed E-state index contributed by atoms with van der Waals surface area (Å²) in [6.45, 7) is 4.39. The Morgan fingerprint density at radius 1 is 1.50 bits per heavy atom. The van der Waals surface area contributed by atoms with Crippen LogP contribution in [0.15, 0.2) is 24.4 Å². The summed E-state index contributed by atoms with van der Waals surface area (Å²) in [5.74, 6) is -0.0865. The zero-order valence-corrected chi connectivity index (χ0v) is 13.5. The molecule has 0 spiro atoms. The fourth-order valence-corrected chi connectivity index (χ4v) is 3.39. The van der Waals surface area contributed by atoms with Crippen LogP contribution in [0.5, 0.6) is 0 Å². The molecule has 0 amide bonds. The summed E-state index contributed by atoms with van der Waals surface area (Å²) in [5, 5.41) is 0. The van der Waals surface area contributed by atoms with Crippen LogP contribution in [0.4, 0.5) is 0 Å². The van der Waals surface area contributed by atoms with E-state index in [1.807, 2.05) is 26.0 Å². The van der Waals surface area contributed by atoms with Crippen molar-refractivity contribution in [2.75, 3.05) is 18.8 Å². The van der Waals surface area contributed by atoms with Crippen LogP contribution in [0, 0.1) is 5.92 Å². The molecule has 0 saturated carbocycles. The number of hydrogen-bond donors (Lipinski definition) is 1. The maximum absolute atomic E-state index is 12.3. The average Bonchev–Trinajstić information content (AvgIpc) is 2.43. The van der Waals surface area contributed by atoms with E-state index in [-0.39, 0.29) is 11.7 Å². The van der Waals surface area contributed by atoms with Crippen LogP contribution in [-0.4, -0.2) is 41.5 Å². The van der Waals surface area contributed by atoms with Gasteiger partial charge < -0.3 is 5.73 Å². The first-order chi connectivity index (χ1) is 9.36. The summed E-state index contributed by atoms with van der Waals surface area (Å²) >= 11 is 4.89. The van der Waals surface area contributed by atoms with Gasteiger partial charge in [-0.15, -0.1) is 0 Å². The molecule has 1 rings (SSSR count). The zero-order valence-electron chi connectivity index (χ0n) is 11.8. The third-order valence-electron chi connectivity index (χ3n) is 3.05. The second-order valence-corrected chi connectivity index (χ2v) is 7.20. The van der Waals surface area contributed by atoms with E-state index in [2.05, 4.69) is 4.98 Å². The Morgan fingerprint density at radius 3 is 2.70 bits per heavy atom. The van der Waals surface area contributed by atoms with Gasteiger partial charge in [0, 0.05) is 37.3 Å². The second-order valence-electron chi connectivity index (χ2n) is 4.64. The van der Waals surface area contributed by atoms with Crippen molar-refractivity contribution in [2.45, 2.75) is 20.3 Å². The Bertz CT molecular complexity index is 532. The van der Waals surface area contributed by atoms with Crippen molar-refractivity contribution >= 4 is 27.2 Å². The third kappa shape index (κ3) is 5.15. The number of thiocarbonyl (C=S) groups is 1. The van der Waals surface area contributed by atoms with Gasteiger partial charge in [-0.1, -0.05) is 32.1 Å². The lowest BCUT2D eigenvalue weighted by Crippen LogP contribution is -2.39. The normalized spacial score (nSPS) is 13.3. The number of sulfonamides is 1. The maximum atomic E-state index is 12.3. The molecule has 1 atom stereocenters. The summed E-state index contributed by atoms with van der Waals surface area (Å²) in [5.41, 5.74) is 6.32. The molecule has 1 unspecified atom stereocenters. The van der Waals surface area contributed by atoms with Crippen LogP contribution < -0.4 is 5.73 Å². The minimum atomic E-state index is -3.32. The highest BCUT2D eigenvalue weighted by Crippen LogP contribution is 2.09. The van der Waals surface area contributed by atoms with Gasteiger partial charge in [0.15, 0.2) is 0 Å². The van der Waals surface area contributed by atoms with Crippen molar-refractivity contribution in [1.82, 2.24) is 9.29 Å². The molecule has 0 aliphatic rings. The molecule has 0 aliphatic carbocycles. The summed E-state index contributed by atoms with van der Waals surface area (Å²) in [6, 6.07) is 5.48. The van der Waals surface area contributed by atoms with E-state index in [0.29, 0.717) is 24.5 Å². The average molecular weight is 315 g/mol. The third-order valence-corrected chi connectivity index (χ3v) is 5.37. The minimum Gasteiger partial charge on any atom is -0.393 e. The molecule has 112 valence electrons. The molecule has 1 aromatic heterocycles. The molecule has 0 fully saturated rings. The molecular weight excluding hydrogens is 294 g/mol. The van der Waals surface area contributed by atoms with E-state index in [9.17, 15) is 8.42 Å². The quantitative estimate of drug-likeness (QED) is 0.730. The Labute approximate surface area is 126 Å². The van der Waals surface area contributed by atoms with Crippen LogP contribution in [-0.2, 0) is 16.4 Å². The Hall–Kier alpha value is -1.05. The van der Waals surface area contributed by atoms with Gasteiger partial charge in [-0.2, -0.15) is 0 Å². The van der Waals surface area contributed by atoms with Gasteiger partial charge >= 0.3 is 0 Å². The highest BCUT2D eigenvalue weighted by molar-refractivity contribution is 7.89. The Kier molecular flexibility index (Phi) is 6.51. The minimum absolute atomic E-state index is 0.0436. The van der Waals surface area contributed by atoms with Gasteiger partial charge in [-0.05, 0) is 12.1 Å². The number of rotatable bonds is 8. The number of aryl methyl sites for hydroxylation is 1. The summed E-state index contributed by atoms with van der Waals surface area (Å²) in [4.78, 5) is 4.47. The molecule has 0 radical (unpaired) electrons. The smallest absolute Gasteiger partial charge is 0.214 e. The van der Waals surface area contributed by atoms with E-state index in [4.69, 9.17) is 18.0 Å². The van der Waals surface area contributed by atoms with E-state index in [1.165, 1.54) is 4.31 Å². The molecule has 2 N–H and O–H groups in total. The van der Waals surface area contributed by atoms with Crippen molar-refractivity contribution in [1.29, 1.82) is 0 Å². The highest BCUT2D eigenvalue weighted by atomic mass is 32.2. The van der Waals surface area contributed by atoms with Gasteiger partial charge in [0.1, 0.15) is 0 Å². The van der Waals surface area contributed by atoms with Crippen LogP contribution in [0.2, 0.25) is 0 Å². The molecule has 20 heavy (non-hydrogen) atoms. The van der Waals surface area contributed by atoms with Crippen molar-refractivity contribution in [3.63, 3.8) is 0 Å². The molecule has 0 bridgehead atoms. The lowest BCUT2D eigenvalue weighted by Gasteiger charge is -2.23. The van der Waals surface area contributed by atoms with Crippen molar-refractivity contribution in [2.24, 2.45) is 11.7 Å². The first-order valence-electron chi connectivity index (χ1n) is 6.54. The molecule has 1 heterocycles. The lowest BCUT2D eigenvalue weighted by atomic mass is 10.2. The molecule has 7 heteroatoms. The first kappa shape index (κ1) is 17.0. The predicted octanol–water partition coefficient (Wildman–Crippen LogP) is 1.20. The lowest BCUT2D eigenvalue weighted by molar-refractivity contribution is 0.405. The second kappa shape index (κ2) is 7.66. The van der Waals surface area contributed by atoms with Crippen molar-refractivity contribution < 1.29 is 8.42 Å². The molecule has 5 nitrogen and oxygen atoms in total. The van der Waals surface area contributed by atoms with Gasteiger partial charge in [-0.3, -0.25) is 4.98 Å². The topological polar surface area (TPSA) is 76.3 Å². The number of nitrogens with zero attached hydrogens (tertiary/aromatic N) is 2. The highest BCUT2D eigenvalue weighted by Gasteiger charge is 2.23. The Morgan fingerprint density at radius 2 is 2.20 bits per heavy atom. The van der Waals surface area contributed by atoms with Crippen LogP contribution in [0.3, 0.4) is 0 Å². The number of hydrogen-bond acceptors (Lipinski definition) is 4. The molecule has 0 saturated heterocycles. The van der Waals surface area contributed by atoms with E-state index >= 15 is 0 Å².